The van der Waals surface area contributed by atoms with E-state index in [0.717, 1.165) is 47.5 Å². The second-order valence-corrected chi connectivity index (χ2v) is 10.0. The number of nitrogens with zero attached hydrogens (tertiary/aromatic N) is 3. The quantitative estimate of drug-likeness (QED) is 0.226. The SMILES string of the molecule is CC.CCCC(CCC)c1nc(-c2cccc(Cl)c2)c(-c2ccnc(NC(C)c3ccccc3)n2)s1. The predicted molar refractivity (Wildman–Crippen MR) is 156 cm³/mol. The summed E-state index contributed by atoms with van der Waals surface area (Å²) in [5.41, 5.74) is 4.03. The number of benzene rings is 2. The highest BCUT2D eigenvalue weighted by Crippen LogP contribution is 2.41. The van der Waals surface area contributed by atoms with Gasteiger partial charge in [0.15, 0.2) is 0 Å². The van der Waals surface area contributed by atoms with Gasteiger partial charge in [-0.3, -0.25) is 0 Å². The Hall–Kier alpha value is -2.76. The van der Waals surface area contributed by atoms with Crippen LogP contribution in [0.5, 0.6) is 0 Å². The number of aromatic nitrogens is 3. The lowest BCUT2D eigenvalue weighted by atomic mass is 9.99. The van der Waals surface area contributed by atoms with Gasteiger partial charge < -0.3 is 5.32 Å². The summed E-state index contributed by atoms with van der Waals surface area (Å²) in [4.78, 5) is 15.6. The van der Waals surface area contributed by atoms with Gasteiger partial charge in [0.25, 0.3) is 0 Å². The largest absolute Gasteiger partial charge is 0.348 e. The Balaban J connectivity index is 0.00000176. The zero-order valence-electron chi connectivity index (χ0n) is 22.0. The molecule has 0 aliphatic rings. The summed E-state index contributed by atoms with van der Waals surface area (Å²) in [7, 11) is 0. The van der Waals surface area contributed by atoms with Gasteiger partial charge in [-0.2, -0.15) is 0 Å². The number of thiazole rings is 1. The molecule has 36 heavy (non-hydrogen) atoms. The molecule has 4 nitrogen and oxygen atoms in total. The third-order valence-electron chi connectivity index (χ3n) is 5.90. The Morgan fingerprint density at radius 2 is 1.64 bits per heavy atom. The minimum Gasteiger partial charge on any atom is -0.348 e. The molecule has 0 aliphatic heterocycles. The molecule has 0 aliphatic carbocycles. The lowest BCUT2D eigenvalue weighted by molar-refractivity contribution is 0.558. The van der Waals surface area contributed by atoms with E-state index in [1.807, 2.05) is 62.5 Å². The molecule has 0 saturated heterocycles. The first-order chi connectivity index (χ1) is 17.6. The van der Waals surface area contributed by atoms with Crippen LogP contribution < -0.4 is 5.32 Å². The summed E-state index contributed by atoms with van der Waals surface area (Å²) in [6.07, 6.45) is 6.39. The molecule has 2 aromatic carbocycles. The Morgan fingerprint density at radius 3 is 2.31 bits per heavy atom. The number of rotatable bonds is 10. The van der Waals surface area contributed by atoms with Gasteiger partial charge in [-0.1, -0.05) is 94.6 Å². The van der Waals surface area contributed by atoms with Crippen LogP contribution in [-0.2, 0) is 0 Å². The highest BCUT2D eigenvalue weighted by Gasteiger charge is 2.22. The van der Waals surface area contributed by atoms with Crippen LogP contribution in [0.2, 0.25) is 5.02 Å². The third-order valence-corrected chi connectivity index (χ3v) is 7.37. The molecular formula is C30H37ClN4S. The monoisotopic (exact) mass is 520 g/mol. The van der Waals surface area contributed by atoms with E-state index >= 15 is 0 Å². The van der Waals surface area contributed by atoms with Gasteiger partial charge in [0.2, 0.25) is 5.95 Å². The molecule has 0 saturated carbocycles. The van der Waals surface area contributed by atoms with Crippen molar-refractivity contribution in [3.05, 3.63) is 82.5 Å². The van der Waals surface area contributed by atoms with Gasteiger partial charge in [-0.05, 0) is 43.5 Å². The highest BCUT2D eigenvalue weighted by molar-refractivity contribution is 7.15. The summed E-state index contributed by atoms with van der Waals surface area (Å²) in [5, 5.41) is 5.33. The molecule has 6 heteroatoms. The van der Waals surface area contributed by atoms with Crippen LogP contribution in [0, 0.1) is 0 Å². The van der Waals surface area contributed by atoms with Gasteiger partial charge in [0.05, 0.1) is 27.3 Å². The maximum absolute atomic E-state index is 6.34. The average molecular weight is 521 g/mol. The zero-order valence-corrected chi connectivity index (χ0v) is 23.5. The maximum atomic E-state index is 6.34. The smallest absolute Gasteiger partial charge is 0.223 e. The van der Waals surface area contributed by atoms with Crippen molar-refractivity contribution in [3.63, 3.8) is 0 Å². The Kier molecular flexibility index (Phi) is 10.9. The first-order valence-corrected chi connectivity index (χ1v) is 14.2. The second-order valence-electron chi connectivity index (χ2n) is 8.56. The molecule has 0 amide bonds. The maximum Gasteiger partial charge on any atom is 0.223 e. The number of anilines is 1. The van der Waals surface area contributed by atoms with Gasteiger partial charge in [-0.25, -0.2) is 15.0 Å². The normalized spacial score (nSPS) is 11.6. The van der Waals surface area contributed by atoms with Crippen molar-refractivity contribution in [1.82, 2.24) is 15.0 Å². The van der Waals surface area contributed by atoms with Crippen LogP contribution in [0.4, 0.5) is 5.95 Å². The molecular weight excluding hydrogens is 484 g/mol. The third kappa shape index (κ3) is 7.14. The minimum atomic E-state index is 0.0966. The number of nitrogens with one attached hydrogen (secondary N) is 1. The Bertz CT molecular complexity index is 1200. The molecule has 2 aromatic heterocycles. The van der Waals surface area contributed by atoms with Crippen LogP contribution in [0.3, 0.4) is 0 Å². The van der Waals surface area contributed by atoms with E-state index in [4.69, 9.17) is 21.6 Å². The standard InChI is InChI=1S/C28H31ClN4S.C2H6/c1-4-10-21(11-5-2)27-33-25(22-14-9-15-23(29)18-22)26(34-27)24-16-17-30-28(32-24)31-19(3)20-12-7-6-8-13-20;1-2/h6-9,12-19,21H,4-5,10-11H2,1-3H3,(H,30,31,32);1-2H3. The van der Waals surface area contributed by atoms with Gasteiger partial charge in [0.1, 0.15) is 0 Å². The lowest BCUT2D eigenvalue weighted by Gasteiger charge is -2.14. The first-order valence-electron chi connectivity index (χ1n) is 13.0. The molecule has 4 aromatic rings. The van der Waals surface area contributed by atoms with Crippen LogP contribution in [-0.4, -0.2) is 15.0 Å². The van der Waals surface area contributed by atoms with E-state index in [9.17, 15) is 0 Å². The summed E-state index contributed by atoms with van der Waals surface area (Å²) in [6.45, 7) is 10.6. The van der Waals surface area contributed by atoms with E-state index in [-0.39, 0.29) is 6.04 Å². The molecule has 190 valence electrons. The van der Waals surface area contributed by atoms with Crippen molar-refractivity contribution in [2.75, 3.05) is 5.32 Å². The Morgan fingerprint density at radius 1 is 0.917 bits per heavy atom. The molecule has 1 atom stereocenters. The topological polar surface area (TPSA) is 50.7 Å². The molecule has 0 radical (unpaired) electrons. The van der Waals surface area contributed by atoms with Gasteiger partial charge >= 0.3 is 0 Å². The fourth-order valence-electron chi connectivity index (χ4n) is 4.18. The van der Waals surface area contributed by atoms with Gasteiger partial charge in [0, 0.05) is 22.7 Å². The summed E-state index contributed by atoms with van der Waals surface area (Å²) < 4.78 is 0. The van der Waals surface area contributed by atoms with Crippen molar-refractivity contribution >= 4 is 28.9 Å². The molecule has 4 rings (SSSR count). The van der Waals surface area contributed by atoms with E-state index in [1.54, 1.807) is 11.3 Å². The average Bonchev–Trinajstić information content (AvgIpc) is 3.36. The van der Waals surface area contributed by atoms with Crippen molar-refractivity contribution in [1.29, 1.82) is 0 Å². The van der Waals surface area contributed by atoms with Crippen LogP contribution in [0.15, 0.2) is 66.9 Å². The fraction of sp³-hybridized carbons (Fsp3) is 0.367. The molecule has 0 fully saturated rings. The highest BCUT2D eigenvalue weighted by atomic mass is 35.5. The fourth-order valence-corrected chi connectivity index (χ4v) is 5.60. The second kappa shape index (κ2) is 14.1. The van der Waals surface area contributed by atoms with E-state index in [0.29, 0.717) is 16.9 Å². The van der Waals surface area contributed by atoms with E-state index in [2.05, 4.69) is 49.3 Å². The molecule has 0 spiro atoms. The predicted octanol–water partition coefficient (Wildman–Crippen LogP) is 9.80. The van der Waals surface area contributed by atoms with Crippen molar-refractivity contribution in [2.45, 2.75) is 72.3 Å². The van der Waals surface area contributed by atoms with Crippen LogP contribution in [0.1, 0.15) is 82.8 Å². The minimum absolute atomic E-state index is 0.0966. The van der Waals surface area contributed by atoms with Crippen molar-refractivity contribution in [2.24, 2.45) is 0 Å². The summed E-state index contributed by atoms with van der Waals surface area (Å²) in [6, 6.07) is 20.3. The molecule has 1 unspecified atom stereocenters. The molecule has 2 heterocycles. The van der Waals surface area contributed by atoms with Crippen molar-refractivity contribution < 1.29 is 0 Å². The van der Waals surface area contributed by atoms with Crippen LogP contribution >= 0.6 is 22.9 Å². The zero-order chi connectivity index (χ0) is 25.9. The number of hydrogen-bond acceptors (Lipinski definition) is 5. The van der Waals surface area contributed by atoms with E-state index < -0.39 is 0 Å². The molecule has 1 N–H and O–H groups in total. The first kappa shape index (κ1) is 27.8. The summed E-state index contributed by atoms with van der Waals surface area (Å²) in [5.74, 6) is 1.07. The summed E-state index contributed by atoms with van der Waals surface area (Å²) >= 11 is 8.10. The van der Waals surface area contributed by atoms with Crippen LogP contribution in [0.25, 0.3) is 21.8 Å². The number of hydrogen-bond donors (Lipinski definition) is 1. The van der Waals surface area contributed by atoms with Crippen molar-refractivity contribution in [3.8, 4) is 21.8 Å². The molecule has 0 bridgehead atoms. The number of halogens is 1. The lowest BCUT2D eigenvalue weighted by Crippen LogP contribution is -2.09. The van der Waals surface area contributed by atoms with E-state index in [1.165, 1.54) is 10.6 Å². The Labute approximate surface area is 225 Å². The van der Waals surface area contributed by atoms with Gasteiger partial charge in [-0.15, -0.1) is 11.3 Å².